The minimum absolute atomic E-state index is 0.751. The number of nitrogen functional groups attached to an aromatic ring is 1. The molecule has 0 saturated heterocycles. The van der Waals surface area contributed by atoms with E-state index in [1.54, 1.807) is 4.68 Å². The van der Waals surface area contributed by atoms with Crippen LogP contribution in [-0.2, 0) is 0 Å². The van der Waals surface area contributed by atoms with Crippen molar-refractivity contribution in [3.05, 3.63) is 36.2 Å². The first-order valence-corrected chi connectivity index (χ1v) is 4.00. The van der Waals surface area contributed by atoms with Gasteiger partial charge in [-0.25, -0.2) is 4.68 Å². The Morgan fingerprint density at radius 1 is 1.23 bits per heavy atom. The Morgan fingerprint density at radius 2 is 1.92 bits per heavy atom. The predicted octanol–water partition coefficient (Wildman–Crippen LogP) is 1.16. The third-order valence-corrected chi connectivity index (χ3v) is 1.77. The van der Waals surface area contributed by atoms with E-state index in [1.807, 2.05) is 37.4 Å². The minimum Gasteiger partial charge on any atom is -0.399 e. The normalized spacial score (nSPS) is 10.2. The molecule has 2 N–H and O–H groups in total. The van der Waals surface area contributed by atoms with Crippen LogP contribution in [0.15, 0.2) is 30.5 Å². The van der Waals surface area contributed by atoms with E-state index in [-0.39, 0.29) is 0 Å². The SMILES string of the molecule is Cc1cn(-c2ccc(N)cc2)nn1. The van der Waals surface area contributed by atoms with Crippen LogP contribution in [0, 0.1) is 6.92 Å². The van der Waals surface area contributed by atoms with Gasteiger partial charge in [0.1, 0.15) is 0 Å². The Morgan fingerprint density at radius 3 is 2.46 bits per heavy atom. The summed E-state index contributed by atoms with van der Waals surface area (Å²) >= 11 is 0. The molecular formula is C9H10N4. The summed E-state index contributed by atoms with van der Waals surface area (Å²) in [5, 5.41) is 7.84. The maximum Gasteiger partial charge on any atom is 0.0800 e. The molecule has 1 aromatic carbocycles. The van der Waals surface area contributed by atoms with Gasteiger partial charge in [0.15, 0.2) is 0 Å². The summed E-state index contributed by atoms with van der Waals surface area (Å²) in [4.78, 5) is 0. The second-order valence-corrected chi connectivity index (χ2v) is 2.90. The van der Waals surface area contributed by atoms with Crippen molar-refractivity contribution in [2.75, 3.05) is 5.73 Å². The number of nitrogens with two attached hydrogens (primary N) is 1. The molecule has 1 heterocycles. The molecule has 0 atom stereocenters. The smallest absolute Gasteiger partial charge is 0.0800 e. The second-order valence-electron chi connectivity index (χ2n) is 2.90. The summed E-state index contributed by atoms with van der Waals surface area (Å²) < 4.78 is 1.72. The number of nitrogens with zero attached hydrogens (tertiary/aromatic N) is 3. The van der Waals surface area contributed by atoms with E-state index in [0.29, 0.717) is 0 Å². The van der Waals surface area contributed by atoms with Crippen molar-refractivity contribution in [2.24, 2.45) is 0 Å². The van der Waals surface area contributed by atoms with Crippen molar-refractivity contribution in [2.45, 2.75) is 6.92 Å². The quantitative estimate of drug-likeness (QED) is 0.660. The summed E-state index contributed by atoms with van der Waals surface area (Å²) in [5.74, 6) is 0. The third-order valence-electron chi connectivity index (χ3n) is 1.77. The topological polar surface area (TPSA) is 56.7 Å². The molecule has 13 heavy (non-hydrogen) atoms. The van der Waals surface area contributed by atoms with Gasteiger partial charge in [0.05, 0.1) is 17.6 Å². The van der Waals surface area contributed by atoms with Crippen molar-refractivity contribution in [1.82, 2.24) is 15.0 Å². The van der Waals surface area contributed by atoms with Gasteiger partial charge in [-0.05, 0) is 31.2 Å². The lowest BCUT2D eigenvalue weighted by Crippen LogP contribution is -1.95. The Hall–Kier alpha value is -1.84. The van der Waals surface area contributed by atoms with E-state index in [9.17, 15) is 0 Å². The summed E-state index contributed by atoms with van der Waals surface area (Å²) in [6.07, 6.45) is 1.87. The van der Waals surface area contributed by atoms with Gasteiger partial charge in [-0.3, -0.25) is 0 Å². The summed E-state index contributed by atoms with van der Waals surface area (Å²) in [7, 11) is 0. The minimum atomic E-state index is 0.751. The first-order valence-electron chi connectivity index (χ1n) is 4.00. The number of rotatable bonds is 1. The van der Waals surface area contributed by atoms with Crippen LogP contribution in [0.3, 0.4) is 0 Å². The molecule has 0 amide bonds. The van der Waals surface area contributed by atoms with Gasteiger partial charge >= 0.3 is 0 Å². The number of hydrogen-bond acceptors (Lipinski definition) is 3. The van der Waals surface area contributed by atoms with E-state index in [2.05, 4.69) is 10.3 Å². The fraction of sp³-hybridized carbons (Fsp3) is 0.111. The summed E-state index contributed by atoms with van der Waals surface area (Å²) in [6.45, 7) is 1.90. The lowest BCUT2D eigenvalue weighted by molar-refractivity contribution is 0.801. The largest absolute Gasteiger partial charge is 0.399 e. The van der Waals surface area contributed by atoms with Crippen molar-refractivity contribution in [3.63, 3.8) is 0 Å². The molecule has 0 radical (unpaired) electrons. The molecule has 0 aliphatic carbocycles. The van der Waals surface area contributed by atoms with Crippen LogP contribution in [-0.4, -0.2) is 15.0 Å². The fourth-order valence-electron chi connectivity index (χ4n) is 1.10. The number of anilines is 1. The van der Waals surface area contributed by atoms with Crippen molar-refractivity contribution < 1.29 is 0 Å². The van der Waals surface area contributed by atoms with Gasteiger partial charge in [-0.1, -0.05) is 5.21 Å². The van der Waals surface area contributed by atoms with Crippen LogP contribution in [0.2, 0.25) is 0 Å². The summed E-state index contributed by atoms with van der Waals surface area (Å²) in [6, 6.07) is 7.49. The Labute approximate surface area is 76.0 Å². The molecule has 4 heteroatoms. The molecule has 0 unspecified atom stereocenters. The monoisotopic (exact) mass is 174 g/mol. The fourth-order valence-corrected chi connectivity index (χ4v) is 1.10. The van der Waals surface area contributed by atoms with E-state index in [0.717, 1.165) is 17.1 Å². The number of aryl methyl sites for hydroxylation is 1. The van der Waals surface area contributed by atoms with Gasteiger partial charge in [-0.15, -0.1) is 5.10 Å². The van der Waals surface area contributed by atoms with Crippen molar-refractivity contribution >= 4 is 5.69 Å². The molecule has 0 aliphatic heterocycles. The highest BCUT2D eigenvalue weighted by molar-refractivity contribution is 5.44. The van der Waals surface area contributed by atoms with E-state index in [4.69, 9.17) is 5.73 Å². The lowest BCUT2D eigenvalue weighted by atomic mass is 10.3. The molecule has 1 aromatic heterocycles. The van der Waals surface area contributed by atoms with Crippen molar-refractivity contribution in [1.29, 1.82) is 0 Å². The van der Waals surface area contributed by atoms with E-state index < -0.39 is 0 Å². The van der Waals surface area contributed by atoms with Crippen LogP contribution >= 0.6 is 0 Å². The summed E-state index contributed by atoms with van der Waals surface area (Å²) in [5.41, 5.74) is 8.18. The average Bonchev–Trinajstić information content (AvgIpc) is 2.53. The Kier molecular flexibility index (Phi) is 1.73. The van der Waals surface area contributed by atoms with Gasteiger partial charge in [-0.2, -0.15) is 0 Å². The van der Waals surface area contributed by atoms with E-state index >= 15 is 0 Å². The zero-order valence-electron chi connectivity index (χ0n) is 7.31. The molecule has 0 bridgehead atoms. The maximum absolute atomic E-state index is 5.56. The van der Waals surface area contributed by atoms with Gasteiger partial charge < -0.3 is 5.73 Å². The number of hydrogen-bond donors (Lipinski definition) is 1. The molecular weight excluding hydrogens is 164 g/mol. The van der Waals surface area contributed by atoms with Crippen LogP contribution in [0.1, 0.15) is 5.69 Å². The molecule has 2 aromatic rings. The average molecular weight is 174 g/mol. The van der Waals surface area contributed by atoms with Crippen LogP contribution in [0.4, 0.5) is 5.69 Å². The Balaban J connectivity index is 2.41. The third kappa shape index (κ3) is 1.51. The molecule has 4 nitrogen and oxygen atoms in total. The molecule has 0 saturated carbocycles. The molecule has 0 spiro atoms. The van der Waals surface area contributed by atoms with Gasteiger partial charge in [0.2, 0.25) is 0 Å². The van der Waals surface area contributed by atoms with Crippen LogP contribution in [0.25, 0.3) is 5.69 Å². The molecule has 0 aliphatic rings. The highest BCUT2D eigenvalue weighted by atomic mass is 15.4. The molecule has 66 valence electrons. The van der Waals surface area contributed by atoms with E-state index in [1.165, 1.54) is 0 Å². The van der Waals surface area contributed by atoms with Crippen LogP contribution < -0.4 is 5.73 Å². The first-order chi connectivity index (χ1) is 6.25. The molecule has 0 fully saturated rings. The second kappa shape index (κ2) is 2.90. The number of aromatic nitrogens is 3. The van der Waals surface area contributed by atoms with Gasteiger partial charge in [0, 0.05) is 5.69 Å². The highest BCUT2D eigenvalue weighted by Gasteiger charge is 1.97. The van der Waals surface area contributed by atoms with Gasteiger partial charge in [0.25, 0.3) is 0 Å². The maximum atomic E-state index is 5.56. The van der Waals surface area contributed by atoms with Crippen LogP contribution in [0.5, 0.6) is 0 Å². The standard InChI is InChI=1S/C9H10N4/c1-7-6-13(12-11-7)9-4-2-8(10)3-5-9/h2-6H,10H2,1H3. The zero-order chi connectivity index (χ0) is 9.26. The Bertz CT molecular complexity index is 402. The first kappa shape index (κ1) is 7.79. The zero-order valence-corrected chi connectivity index (χ0v) is 7.31. The highest BCUT2D eigenvalue weighted by Crippen LogP contribution is 2.09. The number of benzene rings is 1. The lowest BCUT2D eigenvalue weighted by Gasteiger charge is -1.99. The predicted molar refractivity (Wildman–Crippen MR) is 50.5 cm³/mol. The van der Waals surface area contributed by atoms with Crippen molar-refractivity contribution in [3.8, 4) is 5.69 Å². The molecule has 2 rings (SSSR count).